The van der Waals surface area contributed by atoms with Crippen LogP contribution in [-0.2, 0) is 0 Å². The van der Waals surface area contributed by atoms with Gasteiger partial charge in [0.2, 0.25) is 0 Å². The van der Waals surface area contributed by atoms with Crippen LogP contribution in [0.4, 0.5) is 5.69 Å². The smallest absolute Gasteiger partial charge is 0.254 e. The minimum absolute atomic E-state index is 0.0333. The Balaban J connectivity index is 1.48. The molecule has 0 spiro atoms. The molecule has 0 aromatic carbocycles. The zero-order chi connectivity index (χ0) is 16.2. The van der Waals surface area contributed by atoms with Gasteiger partial charge in [0.05, 0.1) is 17.4 Å². The lowest BCUT2D eigenvalue weighted by molar-refractivity contribution is 0.0943. The fourth-order valence-electron chi connectivity index (χ4n) is 3.12. The number of nitrogens with zero attached hydrogens (tertiary/aromatic N) is 2. The second-order valence-corrected chi connectivity index (χ2v) is 6.18. The largest absolute Gasteiger partial charge is 0.466 e. The van der Waals surface area contributed by atoms with Crippen molar-refractivity contribution in [2.45, 2.75) is 26.7 Å². The Labute approximate surface area is 136 Å². The quantitative estimate of drug-likeness (QED) is 0.943. The lowest BCUT2D eigenvalue weighted by atomic mass is 9.96. The van der Waals surface area contributed by atoms with Crippen molar-refractivity contribution in [3.8, 4) is 0 Å². The molecule has 5 nitrogen and oxygen atoms in total. The molecule has 0 aliphatic carbocycles. The average Bonchev–Trinajstić information content (AvgIpc) is 2.92. The van der Waals surface area contributed by atoms with Crippen LogP contribution < -0.4 is 10.2 Å². The van der Waals surface area contributed by atoms with Crippen molar-refractivity contribution in [3.63, 3.8) is 0 Å². The fraction of sp³-hybridized carbons (Fsp3) is 0.444. The first-order valence-electron chi connectivity index (χ1n) is 8.13. The Morgan fingerprint density at radius 1 is 1.39 bits per heavy atom. The van der Waals surface area contributed by atoms with E-state index in [-0.39, 0.29) is 5.91 Å². The number of nitrogens with one attached hydrogen (secondary N) is 1. The molecule has 3 heterocycles. The highest BCUT2D eigenvalue weighted by molar-refractivity contribution is 5.95. The zero-order valence-electron chi connectivity index (χ0n) is 13.7. The lowest BCUT2D eigenvalue weighted by Gasteiger charge is -2.33. The van der Waals surface area contributed by atoms with E-state index in [1.807, 2.05) is 26.1 Å². The molecule has 1 aliphatic heterocycles. The molecule has 0 atom stereocenters. The van der Waals surface area contributed by atoms with Gasteiger partial charge in [0.15, 0.2) is 0 Å². The predicted molar refractivity (Wildman–Crippen MR) is 89.7 cm³/mol. The van der Waals surface area contributed by atoms with Crippen LogP contribution in [0, 0.1) is 19.8 Å². The number of carbonyl (C=O) groups is 1. The molecule has 0 saturated carbocycles. The Bertz CT molecular complexity index is 658. The van der Waals surface area contributed by atoms with E-state index in [9.17, 15) is 4.79 Å². The van der Waals surface area contributed by atoms with Crippen LogP contribution in [0.15, 0.2) is 35.0 Å². The number of rotatable bonds is 4. The molecule has 0 unspecified atom stereocenters. The van der Waals surface area contributed by atoms with E-state index < -0.39 is 0 Å². The summed E-state index contributed by atoms with van der Waals surface area (Å²) in [7, 11) is 0. The van der Waals surface area contributed by atoms with Gasteiger partial charge >= 0.3 is 0 Å². The SMILES string of the molecule is Cc1cc(C(=O)NCC2CCN(c3cccnc3)CC2)c(C)o1. The molecule has 3 rings (SSSR count). The molecule has 0 bridgehead atoms. The van der Waals surface area contributed by atoms with E-state index in [2.05, 4.69) is 21.3 Å². The monoisotopic (exact) mass is 313 g/mol. The number of anilines is 1. The highest BCUT2D eigenvalue weighted by atomic mass is 16.3. The Morgan fingerprint density at radius 3 is 2.78 bits per heavy atom. The maximum absolute atomic E-state index is 12.2. The molecule has 0 radical (unpaired) electrons. The summed E-state index contributed by atoms with van der Waals surface area (Å²) in [5.41, 5.74) is 1.83. The molecule has 1 aliphatic rings. The highest BCUT2D eigenvalue weighted by Gasteiger charge is 2.21. The van der Waals surface area contributed by atoms with Crippen molar-refractivity contribution in [1.29, 1.82) is 0 Å². The van der Waals surface area contributed by atoms with Crippen LogP contribution >= 0.6 is 0 Å². The molecule has 1 saturated heterocycles. The Morgan fingerprint density at radius 2 is 2.17 bits per heavy atom. The van der Waals surface area contributed by atoms with E-state index in [1.165, 1.54) is 5.69 Å². The summed E-state index contributed by atoms with van der Waals surface area (Å²) >= 11 is 0. The summed E-state index contributed by atoms with van der Waals surface area (Å²) in [6, 6.07) is 5.87. The molecule has 23 heavy (non-hydrogen) atoms. The molecule has 5 heteroatoms. The van der Waals surface area contributed by atoms with E-state index in [0.717, 1.165) is 38.2 Å². The first-order chi connectivity index (χ1) is 11.1. The Kier molecular flexibility index (Phi) is 4.65. The summed E-state index contributed by atoms with van der Waals surface area (Å²) in [5, 5.41) is 3.05. The van der Waals surface area contributed by atoms with Crippen molar-refractivity contribution in [1.82, 2.24) is 10.3 Å². The number of hydrogen-bond acceptors (Lipinski definition) is 4. The highest BCUT2D eigenvalue weighted by Crippen LogP contribution is 2.22. The normalized spacial score (nSPS) is 15.7. The molecule has 122 valence electrons. The van der Waals surface area contributed by atoms with Gasteiger partial charge in [-0.05, 0) is 50.8 Å². The topological polar surface area (TPSA) is 58.4 Å². The minimum Gasteiger partial charge on any atom is -0.466 e. The van der Waals surface area contributed by atoms with Gasteiger partial charge in [-0.2, -0.15) is 0 Å². The van der Waals surface area contributed by atoms with Crippen molar-refractivity contribution in [2.75, 3.05) is 24.5 Å². The van der Waals surface area contributed by atoms with Crippen molar-refractivity contribution < 1.29 is 9.21 Å². The summed E-state index contributed by atoms with van der Waals surface area (Å²) in [6.45, 7) is 6.43. The number of piperidine rings is 1. The number of pyridine rings is 1. The molecule has 1 fully saturated rings. The van der Waals surface area contributed by atoms with Crippen molar-refractivity contribution in [2.24, 2.45) is 5.92 Å². The van der Waals surface area contributed by atoms with Gasteiger partial charge in [-0.15, -0.1) is 0 Å². The third kappa shape index (κ3) is 3.73. The van der Waals surface area contributed by atoms with Crippen LogP contribution in [0.1, 0.15) is 34.7 Å². The van der Waals surface area contributed by atoms with E-state index in [0.29, 0.717) is 17.2 Å². The fourth-order valence-corrected chi connectivity index (χ4v) is 3.12. The first-order valence-corrected chi connectivity index (χ1v) is 8.13. The number of amides is 1. The average molecular weight is 313 g/mol. The summed E-state index contributed by atoms with van der Waals surface area (Å²) in [4.78, 5) is 18.7. The number of aryl methyl sites for hydroxylation is 2. The van der Waals surface area contributed by atoms with Gasteiger partial charge in [-0.3, -0.25) is 9.78 Å². The van der Waals surface area contributed by atoms with E-state index >= 15 is 0 Å². The predicted octanol–water partition coefficient (Wildman–Crippen LogP) is 2.94. The molecule has 2 aromatic heterocycles. The van der Waals surface area contributed by atoms with Gasteiger partial charge in [-0.1, -0.05) is 0 Å². The van der Waals surface area contributed by atoms with Crippen LogP contribution in [0.5, 0.6) is 0 Å². The van der Waals surface area contributed by atoms with Crippen LogP contribution in [0.2, 0.25) is 0 Å². The standard InChI is InChI=1S/C18H23N3O2/c1-13-10-17(14(2)23-13)18(22)20-11-15-5-8-21(9-6-15)16-4-3-7-19-12-16/h3-4,7,10,12,15H,5-6,8-9,11H2,1-2H3,(H,20,22). The lowest BCUT2D eigenvalue weighted by Crippen LogP contribution is -2.38. The maximum Gasteiger partial charge on any atom is 0.254 e. The Hall–Kier alpha value is -2.30. The molecule has 2 aromatic rings. The second kappa shape index (κ2) is 6.86. The van der Waals surface area contributed by atoms with Gasteiger partial charge in [0.25, 0.3) is 5.91 Å². The van der Waals surface area contributed by atoms with Gasteiger partial charge in [0.1, 0.15) is 11.5 Å². The first kappa shape index (κ1) is 15.6. The number of carbonyl (C=O) groups excluding carboxylic acids is 1. The number of hydrogen-bond donors (Lipinski definition) is 1. The number of aromatic nitrogens is 1. The van der Waals surface area contributed by atoms with Crippen molar-refractivity contribution >= 4 is 11.6 Å². The minimum atomic E-state index is -0.0333. The van der Waals surface area contributed by atoms with E-state index in [1.54, 1.807) is 12.3 Å². The van der Waals surface area contributed by atoms with Crippen molar-refractivity contribution in [3.05, 3.63) is 47.7 Å². The number of furan rings is 1. The summed E-state index contributed by atoms with van der Waals surface area (Å²) in [5.74, 6) is 1.96. The van der Waals surface area contributed by atoms with Gasteiger partial charge in [-0.25, -0.2) is 0 Å². The van der Waals surface area contributed by atoms with Crippen LogP contribution in [0.25, 0.3) is 0 Å². The van der Waals surface area contributed by atoms with Crippen LogP contribution in [-0.4, -0.2) is 30.5 Å². The zero-order valence-corrected chi connectivity index (χ0v) is 13.7. The third-order valence-corrected chi connectivity index (χ3v) is 4.46. The third-order valence-electron chi connectivity index (χ3n) is 4.46. The van der Waals surface area contributed by atoms with Crippen LogP contribution in [0.3, 0.4) is 0 Å². The van der Waals surface area contributed by atoms with Gasteiger partial charge < -0.3 is 14.6 Å². The molecular weight excluding hydrogens is 290 g/mol. The second-order valence-electron chi connectivity index (χ2n) is 6.18. The molecule has 1 amide bonds. The van der Waals surface area contributed by atoms with Gasteiger partial charge in [0, 0.05) is 25.8 Å². The summed E-state index contributed by atoms with van der Waals surface area (Å²) < 4.78 is 5.42. The molecular formula is C18H23N3O2. The molecule has 1 N–H and O–H groups in total. The van der Waals surface area contributed by atoms with E-state index in [4.69, 9.17) is 4.42 Å². The maximum atomic E-state index is 12.2. The summed E-state index contributed by atoms with van der Waals surface area (Å²) in [6.07, 6.45) is 5.87.